The summed E-state index contributed by atoms with van der Waals surface area (Å²) in [6.45, 7) is 12.1. The van der Waals surface area contributed by atoms with E-state index in [1.165, 1.54) is 15.2 Å². The van der Waals surface area contributed by atoms with Gasteiger partial charge in [0.25, 0.3) is 0 Å². The summed E-state index contributed by atoms with van der Waals surface area (Å²) >= 11 is 6.89. The molecule has 0 spiro atoms. The molecule has 1 saturated heterocycles. The second-order valence-corrected chi connectivity index (χ2v) is 11.9. The van der Waals surface area contributed by atoms with Crippen LogP contribution in [0.3, 0.4) is 0 Å². The quantitative estimate of drug-likeness (QED) is 0.195. The lowest BCUT2D eigenvalue weighted by molar-refractivity contribution is -0.132. The van der Waals surface area contributed by atoms with Gasteiger partial charge in [0, 0.05) is 42.1 Å². The normalized spacial score (nSPS) is 13.7. The van der Waals surface area contributed by atoms with Gasteiger partial charge in [0.05, 0.1) is 27.9 Å². The minimum atomic E-state index is -0.854. The van der Waals surface area contributed by atoms with Gasteiger partial charge in [-0.3, -0.25) is 24.0 Å². The van der Waals surface area contributed by atoms with Crippen LogP contribution in [-0.4, -0.2) is 43.2 Å². The Morgan fingerprint density at radius 1 is 1.14 bits per heavy atom. The number of H-pyrrole nitrogens is 1. The minimum Gasteiger partial charge on any atom is -0.338 e. The summed E-state index contributed by atoms with van der Waals surface area (Å²) in [5, 5.41) is 7.85. The van der Waals surface area contributed by atoms with Crippen molar-refractivity contribution in [3.63, 3.8) is 0 Å². The van der Waals surface area contributed by atoms with Crippen molar-refractivity contribution in [1.82, 2.24) is 24.2 Å². The Bertz CT molecular complexity index is 2090. The molecule has 8 nitrogen and oxygen atoms in total. The topological polar surface area (TPSA) is 93.0 Å². The lowest BCUT2D eigenvalue weighted by Gasteiger charge is -2.39. The average molecular weight is 600 g/mol. The third-order valence-corrected chi connectivity index (χ3v) is 8.70. The number of rotatable bonds is 6. The number of likely N-dealkylation sites (tertiary alicyclic amines) is 1. The van der Waals surface area contributed by atoms with Crippen LogP contribution in [0.1, 0.15) is 36.5 Å². The largest absolute Gasteiger partial charge is 0.338 e. The van der Waals surface area contributed by atoms with E-state index >= 15 is 4.39 Å². The van der Waals surface area contributed by atoms with Crippen LogP contribution in [0.15, 0.2) is 64.8 Å². The molecule has 2 aromatic heterocycles. The van der Waals surface area contributed by atoms with E-state index in [0.29, 0.717) is 35.2 Å². The first-order valence-electron chi connectivity index (χ1n) is 14.1. The summed E-state index contributed by atoms with van der Waals surface area (Å²) in [4.78, 5) is 41.6. The summed E-state index contributed by atoms with van der Waals surface area (Å²) in [6, 6.07) is 10.9. The van der Waals surface area contributed by atoms with Crippen LogP contribution in [0.2, 0.25) is 5.02 Å². The molecule has 1 fully saturated rings. The molecule has 10 heteroatoms. The zero-order valence-corrected chi connectivity index (χ0v) is 25.1. The van der Waals surface area contributed by atoms with Gasteiger partial charge >= 0.3 is 11.1 Å². The number of hydrogen-bond acceptors (Lipinski definition) is 4. The van der Waals surface area contributed by atoms with Crippen LogP contribution in [0.4, 0.5) is 4.39 Å². The van der Waals surface area contributed by atoms with Gasteiger partial charge in [0.2, 0.25) is 5.91 Å². The third-order valence-electron chi connectivity index (χ3n) is 8.40. The molecule has 1 aliphatic heterocycles. The smallest absolute Gasteiger partial charge is 0.321 e. The van der Waals surface area contributed by atoms with E-state index in [9.17, 15) is 14.4 Å². The van der Waals surface area contributed by atoms with E-state index in [4.69, 9.17) is 11.6 Å². The predicted molar refractivity (Wildman–Crippen MR) is 168 cm³/mol. The lowest BCUT2D eigenvalue weighted by atomic mass is 9.94. The Hall–Kier alpha value is -4.50. The fourth-order valence-electron chi connectivity index (χ4n) is 6.22. The number of hydrogen-bond donors (Lipinski definition) is 1. The molecule has 0 aliphatic carbocycles. The number of nitrogens with one attached hydrogen (secondary N) is 1. The number of halogens is 2. The molecule has 43 heavy (non-hydrogen) atoms. The Morgan fingerprint density at radius 2 is 1.88 bits per heavy atom. The first-order valence-corrected chi connectivity index (χ1v) is 14.5. The molecule has 0 unspecified atom stereocenters. The predicted octanol–water partition coefficient (Wildman–Crippen LogP) is 5.87. The Kier molecular flexibility index (Phi) is 7.08. The zero-order valence-electron chi connectivity index (χ0n) is 24.4. The van der Waals surface area contributed by atoms with E-state index in [0.717, 1.165) is 16.7 Å². The maximum Gasteiger partial charge on any atom is 0.321 e. The zero-order chi connectivity index (χ0) is 30.7. The summed E-state index contributed by atoms with van der Waals surface area (Å²) in [6.07, 6.45) is 2.86. The van der Waals surface area contributed by atoms with Crippen molar-refractivity contribution < 1.29 is 9.18 Å². The van der Waals surface area contributed by atoms with Gasteiger partial charge in [-0.2, -0.15) is 5.10 Å². The molecule has 1 aliphatic rings. The Balaban J connectivity index is 1.71. The number of nitrogens with zero attached hydrogens (tertiary/aromatic N) is 4. The Morgan fingerprint density at radius 3 is 2.58 bits per heavy atom. The van der Waals surface area contributed by atoms with E-state index in [-0.39, 0.29) is 45.9 Å². The number of carbonyl (C=O) groups excluding carboxylic acids is 1. The molecule has 3 heterocycles. The number of carbonyl (C=O) groups is 1. The number of benzene rings is 3. The Labute approximate surface area is 252 Å². The third kappa shape index (κ3) is 4.50. The molecule has 0 atom stereocenters. The second-order valence-electron chi connectivity index (χ2n) is 11.5. The minimum absolute atomic E-state index is 0.0145. The molecule has 0 bridgehead atoms. The standard InChI is InChI=1S/C33H31ClFN5O3/c1-6-26(41)38-14-20(15-38)16-39-25-12-23(34)28(27-18(4)10-11-24-22(27)13-36-37-24)29(35)31(25)40(33(43)32(39)42)30-19(5)8-7-9-21(30)17(2)3/h6-13,17,20H,1,14-16H2,2-5H3,(H,36,37). The van der Waals surface area contributed by atoms with Crippen LogP contribution in [0.5, 0.6) is 0 Å². The molecule has 0 radical (unpaired) electrons. The van der Waals surface area contributed by atoms with Gasteiger partial charge in [-0.15, -0.1) is 0 Å². The first-order chi connectivity index (χ1) is 20.5. The highest BCUT2D eigenvalue weighted by molar-refractivity contribution is 6.34. The number of aromatic amines is 1. The maximum absolute atomic E-state index is 17.3. The monoisotopic (exact) mass is 599 g/mol. The van der Waals surface area contributed by atoms with E-state index in [2.05, 4.69) is 16.8 Å². The highest BCUT2D eigenvalue weighted by Gasteiger charge is 2.32. The molecule has 1 N–H and O–H groups in total. The lowest BCUT2D eigenvalue weighted by Crippen LogP contribution is -2.52. The van der Waals surface area contributed by atoms with Gasteiger partial charge in [-0.25, -0.2) is 4.39 Å². The highest BCUT2D eigenvalue weighted by Crippen LogP contribution is 2.41. The number of para-hydroxylation sites is 1. The van der Waals surface area contributed by atoms with Crippen LogP contribution in [-0.2, 0) is 11.3 Å². The van der Waals surface area contributed by atoms with E-state index < -0.39 is 16.9 Å². The van der Waals surface area contributed by atoms with Gasteiger partial charge in [0.1, 0.15) is 5.52 Å². The van der Waals surface area contributed by atoms with Crippen molar-refractivity contribution in [2.45, 2.75) is 40.2 Å². The van der Waals surface area contributed by atoms with E-state index in [1.807, 2.05) is 58.0 Å². The molecular formula is C33H31ClFN5O3. The number of fused-ring (bicyclic) bond motifs is 2. The van der Waals surface area contributed by atoms with Crippen LogP contribution >= 0.6 is 11.6 Å². The van der Waals surface area contributed by atoms with Crippen molar-refractivity contribution in [3.8, 4) is 16.8 Å². The average Bonchev–Trinajstić information content (AvgIpc) is 3.43. The molecule has 6 rings (SSSR count). The summed E-state index contributed by atoms with van der Waals surface area (Å²) in [5.41, 5.74) is 2.73. The van der Waals surface area contributed by atoms with Crippen LogP contribution < -0.4 is 11.1 Å². The number of amides is 1. The molecule has 5 aromatic rings. The van der Waals surface area contributed by atoms with E-state index in [1.54, 1.807) is 17.2 Å². The van der Waals surface area contributed by atoms with Gasteiger partial charge < -0.3 is 9.47 Å². The molecule has 1 amide bonds. The highest BCUT2D eigenvalue weighted by atomic mass is 35.5. The maximum atomic E-state index is 17.3. The summed E-state index contributed by atoms with van der Waals surface area (Å²) in [7, 11) is 0. The second kappa shape index (κ2) is 10.6. The molecule has 3 aromatic carbocycles. The molecule has 220 valence electrons. The summed E-state index contributed by atoms with van der Waals surface area (Å²) in [5.74, 6) is -1.03. The number of aromatic nitrogens is 4. The van der Waals surface area contributed by atoms with Gasteiger partial charge in [-0.1, -0.05) is 56.3 Å². The first kappa shape index (κ1) is 28.6. The SMILES string of the molecule is C=CC(=O)N1CC(Cn2c(=O)c(=O)n(-c3c(C)cccc3C(C)C)c3c(F)c(-c4c(C)ccc5[nH]ncc45)c(Cl)cc32)C1. The van der Waals surface area contributed by atoms with Gasteiger partial charge in [-0.05, 0) is 54.7 Å². The van der Waals surface area contributed by atoms with Crippen LogP contribution in [0.25, 0.3) is 38.8 Å². The summed E-state index contributed by atoms with van der Waals surface area (Å²) < 4.78 is 19.9. The van der Waals surface area contributed by atoms with Crippen molar-refractivity contribution in [2.24, 2.45) is 5.92 Å². The molecular weight excluding hydrogens is 569 g/mol. The number of aryl methyl sites for hydroxylation is 2. The van der Waals surface area contributed by atoms with Crippen molar-refractivity contribution >= 4 is 39.4 Å². The van der Waals surface area contributed by atoms with Crippen molar-refractivity contribution in [3.05, 3.63) is 103 Å². The fraction of sp³-hybridized carbons (Fsp3) is 0.273. The molecule has 0 saturated carbocycles. The van der Waals surface area contributed by atoms with Gasteiger partial charge in [0.15, 0.2) is 5.82 Å². The fourth-order valence-corrected chi connectivity index (χ4v) is 6.51. The van der Waals surface area contributed by atoms with Crippen molar-refractivity contribution in [1.29, 1.82) is 0 Å². The van der Waals surface area contributed by atoms with Crippen molar-refractivity contribution in [2.75, 3.05) is 13.1 Å². The van der Waals surface area contributed by atoms with Crippen LogP contribution in [0, 0.1) is 25.6 Å².